The fourth-order valence-electron chi connectivity index (χ4n) is 1.02. The molecule has 0 aliphatic carbocycles. The zero-order chi connectivity index (χ0) is 8.59. The Labute approximate surface area is 76.0 Å². The summed E-state index contributed by atoms with van der Waals surface area (Å²) in [6.07, 6.45) is 0. The van der Waals surface area contributed by atoms with E-state index in [1.807, 2.05) is 6.92 Å². The Morgan fingerprint density at radius 3 is 2.00 bits per heavy atom. The highest BCUT2D eigenvalue weighted by Gasteiger charge is 2.05. The molecule has 0 aliphatic rings. The van der Waals surface area contributed by atoms with E-state index in [2.05, 4.69) is 41.7 Å². The van der Waals surface area contributed by atoms with E-state index in [0.29, 0.717) is 0 Å². The van der Waals surface area contributed by atoms with E-state index in [4.69, 9.17) is 0 Å². The van der Waals surface area contributed by atoms with Gasteiger partial charge in [0.1, 0.15) is 4.60 Å². The fraction of sp³-hybridized carbons (Fsp3) is 0.444. The summed E-state index contributed by atoms with van der Waals surface area (Å²) >= 11 is 3.42. The van der Waals surface area contributed by atoms with Gasteiger partial charge in [0.2, 0.25) is 0 Å². The van der Waals surface area contributed by atoms with Crippen molar-refractivity contribution in [3.05, 3.63) is 27.0 Å². The van der Waals surface area contributed by atoms with Gasteiger partial charge in [-0.2, -0.15) is 0 Å². The molecule has 0 aliphatic heterocycles. The van der Waals surface area contributed by atoms with Crippen molar-refractivity contribution in [2.24, 2.45) is 0 Å². The van der Waals surface area contributed by atoms with Crippen LogP contribution in [0.3, 0.4) is 0 Å². The maximum absolute atomic E-state index is 4.35. The SMILES string of the molecule is Cc1nc(Br)c(C)c(C)c1C. The molecule has 60 valence electrons. The van der Waals surface area contributed by atoms with Gasteiger partial charge in [-0.05, 0) is 60.3 Å². The minimum absolute atomic E-state index is 0.970. The molecule has 1 heterocycles. The molecule has 0 amide bonds. The number of hydrogen-bond acceptors (Lipinski definition) is 1. The molecule has 0 radical (unpaired) electrons. The van der Waals surface area contributed by atoms with Crippen LogP contribution in [0.5, 0.6) is 0 Å². The number of rotatable bonds is 0. The molecule has 0 fully saturated rings. The van der Waals surface area contributed by atoms with Crippen molar-refractivity contribution >= 4 is 15.9 Å². The molecule has 1 aromatic heterocycles. The Hall–Kier alpha value is -0.370. The molecule has 0 N–H and O–H groups in total. The highest BCUT2D eigenvalue weighted by molar-refractivity contribution is 9.10. The van der Waals surface area contributed by atoms with Gasteiger partial charge >= 0.3 is 0 Å². The highest BCUT2D eigenvalue weighted by atomic mass is 79.9. The molecular formula is C9H12BrN. The lowest BCUT2D eigenvalue weighted by atomic mass is 10.1. The van der Waals surface area contributed by atoms with Crippen molar-refractivity contribution < 1.29 is 0 Å². The molecule has 0 bridgehead atoms. The van der Waals surface area contributed by atoms with Crippen molar-refractivity contribution in [1.29, 1.82) is 0 Å². The summed E-state index contributed by atoms with van der Waals surface area (Å²) in [6.45, 7) is 8.35. The van der Waals surface area contributed by atoms with Crippen molar-refractivity contribution in [1.82, 2.24) is 4.98 Å². The van der Waals surface area contributed by atoms with Gasteiger partial charge in [-0.15, -0.1) is 0 Å². The van der Waals surface area contributed by atoms with Crippen LogP contribution in [-0.4, -0.2) is 4.98 Å². The van der Waals surface area contributed by atoms with Gasteiger partial charge in [-0.3, -0.25) is 0 Å². The molecule has 1 aromatic rings. The average molecular weight is 214 g/mol. The summed E-state index contributed by atoms with van der Waals surface area (Å²) in [5.41, 5.74) is 4.99. The predicted molar refractivity (Wildman–Crippen MR) is 50.9 cm³/mol. The zero-order valence-electron chi connectivity index (χ0n) is 7.33. The van der Waals surface area contributed by atoms with Crippen LogP contribution < -0.4 is 0 Å². The molecule has 0 atom stereocenters. The van der Waals surface area contributed by atoms with Gasteiger partial charge in [0, 0.05) is 5.69 Å². The quantitative estimate of drug-likeness (QED) is 0.604. The Balaban J connectivity index is 3.46. The van der Waals surface area contributed by atoms with E-state index >= 15 is 0 Å². The minimum Gasteiger partial charge on any atom is -0.246 e. The van der Waals surface area contributed by atoms with Gasteiger partial charge < -0.3 is 0 Å². The van der Waals surface area contributed by atoms with Crippen LogP contribution in [0.15, 0.2) is 4.60 Å². The monoisotopic (exact) mass is 213 g/mol. The van der Waals surface area contributed by atoms with E-state index in [9.17, 15) is 0 Å². The molecule has 1 rings (SSSR count). The first-order valence-electron chi connectivity index (χ1n) is 3.64. The van der Waals surface area contributed by atoms with Crippen LogP contribution in [0, 0.1) is 27.7 Å². The molecule has 0 saturated heterocycles. The van der Waals surface area contributed by atoms with E-state index in [1.165, 1.54) is 16.7 Å². The first-order chi connectivity index (χ1) is 5.04. The minimum atomic E-state index is 0.970. The van der Waals surface area contributed by atoms with E-state index in [1.54, 1.807) is 0 Å². The maximum Gasteiger partial charge on any atom is 0.109 e. The molecule has 11 heavy (non-hydrogen) atoms. The van der Waals surface area contributed by atoms with Gasteiger partial charge in [0.15, 0.2) is 0 Å². The average Bonchev–Trinajstić information content (AvgIpc) is 1.97. The summed E-state index contributed by atoms with van der Waals surface area (Å²) in [5.74, 6) is 0. The van der Waals surface area contributed by atoms with Crippen LogP contribution >= 0.6 is 15.9 Å². The topological polar surface area (TPSA) is 12.9 Å². The Kier molecular flexibility index (Phi) is 2.33. The normalized spacial score (nSPS) is 10.3. The Morgan fingerprint density at radius 1 is 0.909 bits per heavy atom. The fourth-order valence-corrected chi connectivity index (χ4v) is 1.59. The van der Waals surface area contributed by atoms with Gasteiger partial charge in [-0.25, -0.2) is 4.98 Å². The Bertz CT molecular complexity index is 266. The second-order valence-corrected chi connectivity index (χ2v) is 3.61. The molecular weight excluding hydrogens is 202 g/mol. The second kappa shape index (κ2) is 2.94. The van der Waals surface area contributed by atoms with Crippen LogP contribution in [0.2, 0.25) is 0 Å². The van der Waals surface area contributed by atoms with E-state index in [-0.39, 0.29) is 0 Å². The number of aromatic nitrogens is 1. The summed E-state index contributed by atoms with van der Waals surface area (Å²) < 4.78 is 0.970. The van der Waals surface area contributed by atoms with E-state index < -0.39 is 0 Å². The number of aryl methyl sites for hydroxylation is 1. The van der Waals surface area contributed by atoms with Gasteiger partial charge in [-0.1, -0.05) is 0 Å². The number of hydrogen-bond donors (Lipinski definition) is 0. The smallest absolute Gasteiger partial charge is 0.109 e. The van der Waals surface area contributed by atoms with Crippen molar-refractivity contribution in [3.63, 3.8) is 0 Å². The van der Waals surface area contributed by atoms with E-state index in [0.717, 1.165) is 10.3 Å². The maximum atomic E-state index is 4.35. The first kappa shape index (κ1) is 8.72. The van der Waals surface area contributed by atoms with Crippen LogP contribution in [0.25, 0.3) is 0 Å². The number of pyridine rings is 1. The number of halogens is 1. The Morgan fingerprint density at radius 2 is 1.45 bits per heavy atom. The van der Waals surface area contributed by atoms with Crippen molar-refractivity contribution in [3.8, 4) is 0 Å². The molecule has 2 heteroatoms. The molecule has 0 spiro atoms. The third kappa shape index (κ3) is 1.45. The lowest BCUT2D eigenvalue weighted by molar-refractivity contribution is 1.06. The standard InChI is InChI=1S/C9H12BrN/c1-5-6(2)8(4)11-9(10)7(5)3/h1-4H3. The summed E-state index contributed by atoms with van der Waals surface area (Å²) in [7, 11) is 0. The summed E-state index contributed by atoms with van der Waals surface area (Å²) in [6, 6.07) is 0. The van der Waals surface area contributed by atoms with Gasteiger partial charge in [0.05, 0.1) is 0 Å². The molecule has 1 nitrogen and oxygen atoms in total. The summed E-state index contributed by atoms with van der Waals surface area (Å²) in [4.78, 5) is 4.35. The third-order valence-corrected chi connectivity index (χ3v) is 3.02. The summed E-state index contributed by atoms with van der Waals surface area (Å²) in [5, 5.41) is 0. The van der Waals surface area contributed by atoms with Crippen LogP contribution in [0.4, 0.5) is 0 Å². The molecule has 0 unspecified atom stereocenters. The lowest BCUT2D eigenvalue weighted by Gasteiger charge is -2.08. The van der Waals surface area contributed by atoms with Crippen molar-refractivity contribution in [2.75, 3.05) is 0 Å². The van der Waals surface area contributed by atoms with Crippen molar-refractivity contribution in [2.45, 2.75) is 27.7 Å². The van der Waals surface area contributed by atoms with Gasteiger partial charge in [0.25, 0.3) is 0 Å². The largest absolute Gasteiger partial charge is 0.246 e. The number of nitrogens with zero attached hydrogens (tertiary/aromatic N) is 1. The molecule has 0 aromatic carbocycles. The lowest BCUT2D eigenvalue weighted by Crippen LogP contribution is -1.95. The molecule has 0 saturated carbocycles. The first-order valence-corrected chi connectivity index (χ1v) is 4.43. The predicted octanol–water partition coefficient (Wildman–Crippen LogP) is 3.08. The zero-order valence-corrected chi connectivity index (χ0v) is 8.91. The third-order valence-electron chi connectivity index (χ3n) is 2.24. The second-order valence-electron chi connectivity index (χ2n) is 2.86. The van der Waals surface area contributed by atoms with Crippen LogP contribution in [0.1, 0.15) is 22.4 Å². The highest BCUT2D eigenvalue weighted by Crippen LogP contribution is 2.21. The van der Waals surface area contributed by atoms with Crippen LogP contribution in [-0.2, 0) is 0 Å².